The smallest absolute Gasteiger partial charge is 0.293 e. The second-order valence-corrected chi connectivity index (χ2v) is 8.71. The molecule has 0 aromatic heterocycles. The Balaban J connectivity index is 1.36. The Hall–Kier alpha value is -3.83. The number of fused-ring (bicyclic) bond motifs is 1. The highest BCUT2D eigenvalue weighted by molar-refractivity contribution is 8.18. The number of thioether (sulfide) groups is 1. The zero-order valence-corrected chi connectivity index (χ0v) is 18.6. The summed E-state index contributed by atoms with van der Waals surface area (Å²) in [5.74, 6) is 0.387. The molecule has 4 aromatic rings. The van der Waals surface area contributed by atoms with Gasteiger partial charge < -0.3 is 4.74 Å². The van der Waals surface area contributed by atoms with Gasteiger partial charge in [-0.05, 0) is 45.8 Å². The first-order chi connectivity index (χ1) is 16.2. The molecule has 162 valence electrons. The highest BCUT2D eigenvalue weighted by atomic mass is 32.2. The van der Waals surface area contributed by atoms with Gasteiger partial charge in [0.05, 0.1) is 11.4 Å². The van der Waals surface area contributed by atoms with Crippen LogP contribution in [0.5, 0.6) is 5.75 Å². The molecule has 2 amide bonds. The zero-order chi connectivity index (χ0) is 22.6. The molecule has 0 spiro atoms. The minimum atomic E-state index is -0.280. The standard InChI is InChI=1S/C28H21NO3S/c30-27-26(33-28(31)29(27)18-20-9-2-1-3-10-20)17-22-12-5-7-16-25(22)32-19-23-14-8-13-21-11-4-6-15-24(21)23/h1-17H,18-19H2/b26-17-. The minimum Gasteiger partial charge on any atom is -0.488 e. The normalized spacial score (nSPS) is 14.9. The monoisotopic (exact) mass is 451 g/mol. The van der Waals surface area contributed by atoms with Crippen LogP contribution in [-0.4, -0.2) is 16.0 Å². The van der Waals surface area contributed by atoms with Gasteiger partial charge in [0.2, 0.25) is 0 Å². The quantitative estimate of drug-likeness (QED) is 0.308. The molecule has 4 aromatic carbocycles. The number of nitrogens with zero attached hydrogens (tertiary/aromatic N) is 1. The lowest BCUT2D eigenvalue weighted by Crippen LogP contribution is -2.27. The highest BCUT2D eigenvalue weighted by Gasteiger charge is 2.35. The third kappa shape index (κ3) is 4.54. The maximum atomic E-state index is 12.9. The molecule has 0 bridgehead atoms. The van der Waals surface area contributed by atoms with E-state index >= 15 is 0 Å². The number of ether oxygens (including phenoxy) is 1. The fraction of sp³-hybridized carbons (Fsp3) is 0.0714. The van der Waals surface area contributed by atoms with Crippen molar-refractivity contribution in [2.24, 2.45) is 0 Å². The first-order valence-electron chi connectivity index (χ1n) is 10.7. The Morgan fingerprint density at radius 1 is 0.788 bits per heavy atom. The maximum Gasteiger partial charge on any atom is 0.293 e. The fourth-order valence-electron chi connectivity index (χ4n) is 3.85. The molecule has 1 heterocycles. The van der Waals surface area contributed by atoms with Gasteiger partial charge in [-0.3, -0.25) is 14.5 Å². The van der Waals surface area contributed by atoms with E-state index in [0.29, 0.717) is 17.3 Å². The molecule has 0 atom stereocenters. The molecule has 1 saturated heterocycles. The number of hydrogen-bond donors (Lipinski definition) is 0. The molecule has 0 saturated carbocycles. The average Bonchev–Trinajstić information content (AvgIpc) is 3.11. The van der Waals surface area contributed by atoms with Gasteiger partial charge in [-0.1, -0.05) is 91.0 Å². The van der Waals surface area contributed by atoms with E-state index in [-0.39, 0.29) is 17.7 Å². The Morgan fingerprint density at radius 2 is 1.52 bits per heavy atom. The molecule has 1 aliphatic heterocycles. The predicted octanol–water partition coefficient (Wildman–Crippen LogP) is 6.66. The first-order valence-corrected chi connectivity index (χ1v) is 11.5. The van der Waals surface area contributed by atoms with Crippen molar-refractivity contribution >= 4 is 39.8 Å². The van der Waals surface area contributed by atoms with Gasteiger partial charge >= 0.3 is 0 Å². The summed E-state index contributed by atoms with van der Waals surface area (Å²) >= 11 is 0.964. The molecule has 0 unspecified atom stereocenters. The molecule has 0 N–H and O–H groups in total. The van der Waals surface area contributed by atoms with Crippen molar-refractivity contribution in [1.29, 1.82) is 0 Å². The van der Waals surface area contributed by atoms with Crippen LogP contribution < -0.4 is 4.74 Å². The predicted molar refractivity (Wildman–Crippen MR) is 133 cm³/mol. The molecule has 0 aliphatic carbocycles. The molecule has 5 heteroatoms. The van der Waals surface area contributed by atoms with E-state index in [1.54, 1.807) is 6.08 Å². The van der Waals surface area contributed by atoms with Crippen LogP contribution in [0.1, 0.15) is 16.7 Å². The molecular weight excluding hydrogens is 430 g/mol. The summed E-state index contributed by atoms with van der Waals surface area (Å²) in [6.07, 6.45) is 1.74. The average molecular weight is 452 g/mol. The molecule has 5 rings (SSSR count). The van der Waals surface area contributed by atoms with Crippen LogP contribution in [0.4, 0.5) is 4.79 Å². The number of carbonyl (C=O) groups excluding carboxylic acids is 2. The summed E-state index contributed by atoms with van der Waals surface area (Å²) in [7, 11) is 0. The summed E-state index contributed by atoms with van der Waals surface area (Å²) in [5.41, 5.74) is 2.77. The SMILES string of the molecule is O=C1S/C(=C\c2ccccc2OCc2cccc3ccccc23)C(=O)N1Cc1ccccc1. The van der Waals surface area contributed by atoms with E-state index in [4.69, 9.17) is 4.74 Å². The van der Waals surface area contributed by atoms with E-state index in [1.807, 2.05) is 72.8 Å². The van der Waals surface area contributed by atoms with Crippen LogP contribution in [-0.2, 0) is 17.9 Å². The third-order valence-corrected chi connectivity index (χ3v) is 6.43. The van der Waals surface area contributed by atoms with Gasteiger partial charge in [-0.15, -0.1) is 0 Å². The second kappa shape index (κ2) is 9.35. The van der Waals surface area contributed by atoms with E-state index in [1.165, 1.54) is 10.3 Å². The Morgan fingerprint density at radius 3 is 2.39 bits per heavy atom. The van der Waals surface area contributed by atoms with E-state index in [2.05, 4.69) is 24.3 Å². The van der Waals surface area contributed by atoms with Crippen molar-refractivity contribution in [3.05, 3.63) is 119 Å². The lowest BCUT2D eigenvalue weighted by atomic mass is 10.1. The number of benzene rings is 4. The van der Waals surface area contributed by atoms with Crippen LogP contribution in [0, 0.1) is 0 Å². The lowest BCUT2D eigenvalue weighted by molar-refractivity contribution is -0.123. The number of amides is 2. The minimum absolute atomic E-state index is 0.260. The van der Waals surface area contributed by atoms with Gasteiger partial charge in [-0.2, -0.15) is 0 Å². The second-order valence-electron chi connectivity index (χ2n) is 7.72. The van der Waals surface area contributed by atoms with Crippen LogP contribution >= 0.6 is 11.8 Å². The third-order valence-electron chi connectivity index (χ3n) is 5.53. The van der Waals surface area contributed by atoms with Gasteiger partial charge in [0.1, 0.15) is 12.4 Å². The molecule has 0 radical (unpaired) electrons. The van der Waals surface area contributed by atoms with Gasteiger partial charge in [0.25, 0.3) is 11.1 Å². The Labute approximate surface area is 196 Å². The van der Waals surface area contributed by atoms with Crippen molar-refractivity contribution < 1.29 is 14.3 Å². The molecule has 4 nitrogen and oxygen atoms in total. The van der Waals surface area contributed by atoms with E-state index in [0.717, 1.165) is 33.8 Å². The van der Waals surface area contributed by atoms with Crippen LogP contribution in [0.15, 0.2) is 102 Å². The Kier molecular flexibility index (Phi) is 5.96. The number of imide groups is 1. The van der Waals surface area contributed by atoms with Gasteiger partial charge in [-0.25, -0.2) is 0 Å². The van der Waals surface area contributed by atoms with Crippen molar-refractivity contribution in [2.75, 3.05) is 0 Å². The molecule has 33 heavy (non-hydrogen) atoms. The molecule has 1 fully saturated rings. The Bertz CT molecular complexity index is 1360. The number of hydrogen-bond acceptors (Lipinski definition) is 4. The topological polar surface area (TPSA) is 46.6 Å². The summed E-state index contributed by atoms with van der Waals surface area (Å²) < 4.78 is 6.16. The van der Waals surface area contributed by atoms with E-state index in [9.17, 15) is 9.59 Å². The maximum absolute atomic E-state index is 12.9. The van der Waals surface area contributed by atoms with Gasteiger partial charge in [0.15, 0.2) is 0 Å². The van der Waals surface area contributed by atoms with Crippen molar-refractivity contribution in [3.8, 4) is 5.75 Å². The first kappa shape index (κ1) is 21.0. The van der Waals surface area contributed by atoms with Crippen molar-refractivity contribution in [3.63, 3.8) is 0 Å². The molecular formula is C28H21NO3S. The van der Waals surface area contributed by atoms with Crippen LogP contribution in [0.3, 0.4) is 0 Å². The summed E-state index contributed by atoms with van der Waals surface area (Å²) in [6, 6.07) is 31.4. The van der Waals surface area contributed by atoms with Crippen molar-refractivity contribution in [1.82, 2.24) is 4.90 Å². The van der Waals surface area contributed by atoms with E-state index < -0.39 is 0 Å². The largest absolute Gasteiger partial charge is 0.488 e. The zero-order valence-electron chi connectivity index (χ0n) is 17.8. The molecule has 1 aliphatic rings. The highest BCUT2D eigenvalue weighted by Crippen LogP contribution is 2.35. The lowest BCUT2D eigenvalue weighted by Gasteiger charge is -2.12. The van der Waals surface area contributed by atoms with Crippen LogP contribution in [0.25, 0.3) is 16.8 Å². The number of para-hydroxylation sites is 1. The number of rotatable bonds is 6. The van der Waals surface area contributed by atoms with Crippen molar-refractivity contribution in [2.45, 2.75) is 13.2 Å². The summed E-state index contributed by atoms with van der Waals surface area (Å²) in [4.78, 5) is 27.1. The number of carbonyl (C=O) groups is 2. The summed E-state index contributed by atoms with van der Waals surface area (Å²) in [5, 5.41) is 2.06. The van der Waals surface area contributed by atoms with Gasteiger partial charge in [0, 0.05) is 5.56 Å². The fourth-order valence-corrected chi connectivity index (χ4v) is 4.68. The summed E-state index contributed by atoms with van der Waals surface area (Å²) in [6.45, 7) is 0.670. The van der Waals surface area contributed by atoms with Crippen LogP contribution in [0.2, 0.25) is 0 Å².